The van der Waals surface area contributed by atoms with E-state index in [4.69, 9.17) is 0 Å². The number of aryl methyl sites for hydroxylation is 1. The number of hydrogen-bond acceptors (Lipinski definition) is 3. The number of hydrazone groups is 1. The summed E-state index contributed by atoms with van der Waals surface area (Å²) in [5.41, 5.74) is 7.71. The molecule has 0 saturated heterocycles. The van der Waals surface area contributed by atoms with Gasteiger partial charge in [0.2, 0.25) is 0 Å². The maximum Gasteiger partial charge on any atom is 0.177 e. The topological polar surface area (TPSA) is 41.7 Å². The van der Waals surface area contributed by atoms with Crippen LogP contribution in [0, 0.1) is 19.7 Å². The SMILES string of the molecule is Cc1cc(C2=NNC(=NC3CCC3)SC2)c(C)n1-c1ccccc1F. The van der Waals surface area contributed by atoms with Crippen LogP contribution < -0.4 is 5.43 Å². The molecule has 0 radical (unpaired) electrons. The minimum absolute atomic E-state index is 0.219. The monoisotopic (exact) mass is 356 g/mol. The van der Waals surface area contributed by atoms with Gasteiger partial charge in [0.25, 0.3) is 0 Å². The van der Waals surface area contributed by atoms with Gasteiger partial charge in [-0.1, -0.05) is 23.9 Å². The lowest BCUT2D eigenvalue weighted by molar-refractivity contribution is 0.420. The van der Waals surface area contributed by atoms with Crippen molar-refractivity contribution in [1.29, 1.82) is 0 Å². The number of rotatable bonds is 3. The fourth-order valence-electron chi connectivity index (χ4n) is 3.26. The average molecular weight is 356 g/mol. The zero-order valence-corrected chi connectivity index (χ0v) is 15.2. The van der Waals surface area contributed by atoms with E-state index in [0.29, 0.717) is 11.7 Å². The van der Waals surface area contributed by atoms with E-state index < -0.39 is 0 Å². The van der Waals surface area contributed by atoms with Crippen molar-refractivity contribution in [2.24, 2.45) is 10.1 Å². The third-order valence-electron chi connectivity index (χ3n) is 4.84. The average Bonchev–Trinajstić information content (AvgIpc) is 2.87. The van der Waals surface area contributed by atoms with Crippen LogP contribution in [0.25, 0.3) is 5.69 Å². The molecule has 6 heteroatoms. The molecule has 2 aliphatic rings. The van der Waals surface area contributed by atoms with Crippen LogP contribution in [-0.4, -0.2) is 27.2 Å². The Balaban J connectivity index is 1.63. The van der Waals surface area contributed by atoms with E-state index in [2.05, 4.69) is 21.6 Å². The Morgan fingerprint density at radius 2 is 2.08 bits per heavy atom. The number of thioether (sulfide) groups is 1. The highest BCUT2D eigenvalue weighted by Crippen LogP contribution is 2.27. The zero-order chi connectivity index (χ0) is 17.4. The molecule has 0 atom stereocenters. The number of para-hydroxylation sites is 1. The predicted molar refractivity (Wildman–Crippen MR) is 102 cm³/mol. The summed E-state index contributed by atoms with van der Waals surface area (Å²) in [7, 11) is 0. The lowest BCUT2D eigenvalue weighted by atomic mass is 9.94. The fourth-order valence-corrected chi connectivity index (χ4v) is 4.09. The van der Waals surface area contributed by atoms with Crippen molar-refractivity contribution >= 4 is 22.6 Å². The van der Waals surface area contributed by atoms with Crippen LogP contribution in [-0.2, 0) is 0 Å². The van der Waals surface area contributed by atoms with Crippen LogP contribution in [0.15, 0.2) is 40.4 Å². The first kappa shape index (κ1) is 16.4. The molecule has 4 rings (SSSR count). The third kappa shape index (κ3) is 3.11. The quantitative estimate of drug-likeness (QED) is 0.896. The summed E-state index contributed by atoms with van der Waals surface area (Å²) in [6.45, 7) is 4.01. The Bertz CT molecular complexity index is 864. The number of aromatic nitrogens is 1. The summed E-state index contributed by atoms with van der Waals surface area (Å²) in [4.78, 5) is 4.68. The smallest absolute Gasteiger partial charge is 0.177 e. The Kier molecular flexibility index (Phi) is 4.37. The molecule has 1 N–H and O–H groups in total. The zero-order valence-electron chi connectivity index (χ0n) is 14.4. The van der Waals surface area contributed by atoms with E-state index in [1.807, 2.05) is 24.5 Å². The number of amidine groups is 1. The molecule has 0 bridgehead atoms. The van der Waals surface area contributed by atoms with E-state index >= 15 is 0 Å². The van der Waals surface area contributed by atoms with Gasteiger partial charge in [-0.15, -0.1) is 0 Å². The highest BCUT2D eigenvalue weighted by atomic mass is 32.2. The van der Waals surface area contributed by atoms with E-state index in [1.54, 1.807) is 23.9 Å². The van der Waals surface area contributed by atoms with Gasteiger partial charge < -0.3 is 4.57 Å². The number of halogens is 1. The molecule has 4 nitrogen and oxygen atoms in total. The molecule has 1 aromatic heterocycles. The normalized spacial score (nSPS) is 19.5. The van der Waals surface area contributed by atoms with Crippen molar-refractivity contribution in [3.8, 4) is 5.69 Å². The number of aliphatic imine (C=N–C) groups is 1. The number of benzene rings is 1. The Hall–Kier alpha value is -2.08. The van der Waals surface area contributed by atoms with Crippen LogP contribution in [0.3, 0.4) is 0 Å². The van der Waals surface area contributed by atoms with Gasteiger partial charge >= 0.3 is 0 Å². The molecule has 1 saturated carbocycles. The van der Waals surface area contributed by atoms with Crippen LogP contribution in [0.2, 0.25) is 0 Å². The predicted octanol–water partition coefficient (Wildman–Crippen LogP) is 4.18. The van der Waals surface area contributed by atoms with Gasteiger partial charge in [0.1, 0.15) is 5.82 Å². The molecular formula is C19H21FN4S. The summed E-state index contributed by atoms with van der Waals surface area (Å²) in [5.74, 6) is 0.559. The summed E-state index contributed by atoms with van der Waals surface area (Å²) in [5, 5.41) is 5.45. The van der Waals surface area contributed by atoms with E-state index in [9.17, 15) is 4.39 Å². The van der Waals surface area contributed by atoms with Crippen LogP contribution in [0.5, 0.6) is 0 Å². The first-order chi connectivity index (χ1) is 12.1. The molecule has 25 heavy (non-hydrogen) atoms. The first-order valence-corrected chi connectivity index (χ1v) is 9.59. The number of hydrogen-bond donors (Lipinski definition) is 1. The second kappa shape index (κ2) is 6.67. The highest BCUT2D eigenvalue weighted by Gasteiger charge is 2.22. The molecule has 1 aromatic carbocycles. The summed E-state index contributed by atoms with van der Waals surface area (Å²) in [6, 6.07) is 9.41. The fraction of sp³-hybridized carbons (Fsp3) is 0.368. The Labute approximate surface area is 151 Å². The largest absolute Gasteiger partial charge is 0.315 e. The second-order valence-electron chi connectivity index (χ2n) is 6.55. The summed E-state index contributed by atoms with van der Waals surface area (Å²) < 4.78 is 16.2. The first-order valence-electron chi connectivity index (χ1n) is 8.61. The lowest BCUT2D eigenvalue weighted by Crippen LogP contribution is -2.28. The molecular weight excluding hydrogens is 335 g/mol. The molecule has 2 heterocycles. The standard InChI is InChI=1S/C19H21FN4S/c1-12-10-15(13(2)24(12)18-9-4-3-8-16(18)20)17-11-25-19(23-22-17)21-14-6-5-7-14/h3-4,8-10,14H,5-7,11H2,1-2H3,(H,21,23). The van der Waals surface area contributed by atoms with Crippen LogP contribution in [0.1, 0.15) is 36.2 Å². The van der Waals surface area contributed by atoms with E-state index in [1.165, 1.54) is 25.3 Å². The molecule has 0 unspecified atom stereocenters. The Morgan fingerprint density at radius 1 is 1.28 bits per heavy atom. The Morgan fingerprint density at radius 3 is 2.72 bits per heavy atom. The second-order valence-corrected chi connectivity index (χ2v) is 7.51. The molecule has 1 aliphatic carbocycles. The maximum absolute atomic E-state index is 14.2. The van der Waals surface area contributed by atoms with Gasteiger partial charge in [0.05, 0.1) is 17.4 Å². The van der Waals surface area contributed by atoms with Crippen molar-refractivity contribution < 1.29 is 4.39 Å². The summed E-state index contributed by atoms with van der Waals surface area (Å²) in [6.07, 6.45) is 3.65. The third-order valence-corrected chi connectivity index (χ3v) is 5.73. The minimum Gasteiger partial charge on any atom is -0.315 e. The van der Waals surface area contributed by atoms with Gasteiger partial charge in [0.15, 0.2) is 5.17 Å². The van der Waals surface area contributed by atoms with Crippen LogP contribution in [0.4, 0.5) is 4.39 Å². The van der Waals surface area contributed by atoms with Crippen molar-refractivity contribution in [1.82, 2.24) is 9.99 Å². The molecule has 130 valence electrons. The van der Waals surface area contributed by atoms with Gasteiger partial charge in [0, 0.05) is 22.7 Å². The molecule has 1 fully saturated rings. The van der Waals surface area contributed by atoms with Gasteiger partial charge in [-0.05, 0) is 51.3 Å². The maximum atomic E-state index is 14.2. The molecule has 2 aromatic rings. The number of nitrogens with zero attached hydrogens (tertiary/aromatic N) is 3. The lowest BCUT2D eigenvalue weighted by Gasteiger charge is -2.23. The summed E-state index contributed by atoms with van der Waals surface area (Å²) >= 11 is 1.69. The van der Waals surface area contributed by atoms with E-state index in [0.717, 1.165) is 33.6 Å². The van der Waals surface area contributed by atoms with E-state index in [-0.39, 0.29) is 5.82 Å². The molecule has 1 aliphatic heterocycles. The molecule has 0 amide bonds. The van der Waals surface area contributed by atoms with Gasteiger partial charge in [-0.2, -0.15) is 5.10 Å². The van der Waals surface area contributed by atoms with Crippen molar-refractivity contribution in [3.05, 3.63) is 53.1 Å². The minimum atomic E-state index is -0.219. The van der Waals surface area contributed by atoms with Crippen molar-refractivity contribution in [2.45, 2.75) is 39.2 Å². The van der Waals surface area contributed by atoms with Crippen molar-refractivity contribution in [3.63, 3.8) is 0 Å². The van der Waals surface area contributed by atoms with Crippen LogP contribution >= 0.6 is 11.8 Å². The highest BCUT2D eigenvalue weighted by molar-refractivity contribution is 8.14. The molecule has 0 spiro atoms. The van der Waals surface area contributed by atoms with Gasteiger partial charge in [-0.3, -0.25) is 10.4 Å². The number of nitrogens with one attached hydrogen (secondary N) is 1. The van der Waals surface area contributed by atoms with Gasteiger partial charge in [-0.25, -0.2) is 4.39 Å². The van der Waals surface area contributed by atoms with Crippen molar-refractivity contribution in [2.75, 3.05) is 5.75 Å².